The smallest absolute Gasteiger partial charge is 0.255 e. The predicted octanol–water partition coefficient (Wildman–Crippen LogP) is 1.84. The van der Waals surface area contributed by atoms with Gasteiger partial charge in [0.2, 0.25) is 0 Å². The summed E-state index contributed by atoms with van der Waals surface area (Å²) in [6.07, 6.45) is 2.42. The first-order chi connectivity index (χ1) is 7.16. The second kappa shape index (κ2) is 3.93. The Hall–Kier alpha value is -1.51. The number of carbonyl (C=O) groups is 1. The molecule has 0 radical (unpaired) electrons. The SMILES string of the molecule is Cc1ccc(O)c(C(=O)NCC2CC2)c1. The molecule has 3 nitrogen and oxygen atoms in total. The first-order valence-corrected chi connectivity index (χ1v) is 5.24. The average Bonchev–Trinajstić information content (AvgIpc) is 3.02. The van der Waals surface area contributed by atoms with Crippen molar-refractivity contribution in [2.45, 2.75) is 19.8 Å². The van der Waals surface area contributed by atoms with E-state index in [0.717, 1.165) is 12.1 Å². The van der Waals surface area contributed by atoms with Crippen molar-refractivity contribution < 1.29 is 9.90 Å². The van der Waals surface area contributed by atoms with Crippen LogP contribution in [-0.2, 0) is 0 Å². The molecule has 0 bridgehead atoms. The van der Waals surface area contributed by atoms with E-state index in [2.05, 4.69) is 5.32 Å². The maximum absolute atomic E-state index is 11.7. The summed E-state index contributed by atoms with van der Waals surface area (Å²) in [6, 6.07) is 5.05. The number of amides is 1. The number of phenols is 1. The molecule has 3 heteroatoms. The third-order valence-electron chi connectivity index (χ3n) is 2.64. The van der Waals surface area contributed by atoms with Gasteiger partial charge in [-0.25, -0.2) is 0 Å². The highest BCUT2D eigenvalue weighted by Crippen LogP contribution is 2.28. The van der Waals surface area contributed by atoms with Crippen molar-refractivity contribution in [3.63, 3.8) is 0 Å². The lowest BCUT2D eigenvalue weighted by Crippen LogP contribution is -2.25. The molecule has 80 valence electrons. The van der Waals surface area contributed by atoms with Gasteiger partial charge in [0.05, 0.1) is 5.56 Å². The van der Waals surface area contributed by atoms with Crippen LogP contribution in [0.3, 0.4) is 0 Å². The van der Waals surface area contributed by atoms with Crippen molar-refractivity contribution >= 4 is 5.91 Å². The normalized spacial score (nSPS) is 15.0. The Morgan fingerprint density at radius 1 is 1.53 bits per heavy atom. The molecule has 1 amide bonds. The highest BCUT2D eigenvalue weighted by Gasteiger charge is 2.22. The van der Waals surface area contributed by atoms with Crippen LogP contribution in [0.25, 0.3) is 0 Å². The van der Waals surface area contributed by atoms with E-state index in [9.17, 15) is 9.90 Å². The minimum Gasteiger partial charge on any atom is -0.507 e. The zero-order chi connectivity index (χ0) is 10.8. The summed E-state index contributed by atoms with van der Waals surface area (Å²) in [4.78, 5) is 11.7. The third kappa shape index (κ3) is 2.49. The van der Waals surface area contributed by atoms with Crippen LogP contribution in [0, 0.1) is 12.8 Å². The van der Waals surface area contributed by atoms with Crippen LogP contribution in [-0.4, -0.2) is 17.6 Å². The second-order valence-electron chi connectivity index (χ2n) is 4.17. The molecule has 1 aromatic carbocycles. The first kappa shape index (κ1) is 10.0. The summed E-state index contributed by atoms with van der Waals surface area (Å²) in [5, 5.41) is 12.4. The number of hydrogen-bond donors (Lipinski definition) is 2. The number of aryl methyl sites for hydroxylation is 1. The van der Waals surface area contributed by atoms with Gasteiger partial charge in [-0.2, -0.15) is 0 Å². The Morgan fingerprint density at radius 3 is 2.93 bits per heavy atom. The Labute approximate surface area is 89.1 Å². The summed E-state index contributed by atoms with van der Waals surface area (Å²) in [5.41, 5.74) is 1.35. The first-order valence-electron chi connectivity index (χ1n) is 5.24. The fraction of sp³-hybridized carbons (Fsp3) is 0.417. The van der Waals surface area contributed by atoms with E-state index in [1.54, 1.807) is 18.2 Å². The monoisotopic (exact) mass is 205 g/mol. The van der Waals surface area contributed by atoms with E-state index in [1.165, 1.54) is 12.8 Å². The molecular weight excluding hydrogens is 190 g/mol. The lowest BCUT2D eigenvalue weighted by molar-refractivity contribution is 0.0949. The Morgan fingerprint density at radius 2 is 2.27 bits per heavy atom. The van der Waals surface area contributed by atoms with Gasteiger partial charge < -0.3 is 10.4 Å². The van der Waals surface area contributed by atoms with E-state index < -0.39 is 0 Å². The topological polar surface area (TPSA) is 49.3 Å². The minimum absolute atomic E-state index is 0.0499. The van der Waals surface area contributed by atoms with Gasteiger partial charge in [-0.15, -0.1) is 0 Å². The van der Waals surface area contributed by atoms with Gasteiger partial charge in [-0.3, -0.25) is 4.79 Å². The lowest BCUT2D eigenvalue weighted by Gasteiger charge is -2.06. The molecule has 0 atom stereocenters. The molecule has 0 aliphatic heterocycles. The lowest BCUT2D eigenvalue weighted by atomic mass is 10.1. The van der Waals surface area contributed by atoms with E-state index in [0.29, 0.717) is 11.5 Å². The van der Waals surface area contributed by atoms with E-state index in [-0.39, 0.29) is 11.7 Å². The van der Waals surface area contributed by atoms with Gasteiger partial charge in [0, 0.05) is 6.54 Å². The Kier molecular flexibility index (Phi) is 2.62. The summed E-state index contributed by atoms with van der Waals surface area (Å²) < 4.78 is 0. The highest BCUT2D eigenvalue weighted by atomic mass is 16.3. The van der Waals surface area contributed by atoms with Crippen LogP contribution >= 0.6 is 0 Å². The fourth-order valence-corrected chi connectivity index (χ4v) is 1.49. The standard InChI is InChI=1S/C12H15NO2/c1-8-2-5-11(14)10(6-8)12(15)13-7-9-3-4-9/h2,5-6,9,14H,3-4,7H2,1H3,(H,13,15). The van der Waals surface area contributed by atoms with Crippen molar-refractivity contribution in [3.8, 4) is 5.75 Å². The summed E-state index contributed by atoms with van der Waals surface area (Å²) in [6.45, 7) is 2.63. The number of benzene rings is 1. The van der Waals surface area contributed by atoms with Gasteiger partial charge in [0.1, 0.15) is 5.75 Å². The molecule has 0 aromatic heterocycles. The van der Waals surface area contributed by atoms with Gasteiger partial charge >= 0.3 is 0 Å². The van der Waals surface area contributed by atoms with Crippen molar-refractivity contribution in [2.75, 3.05) is 6.54 Å². The number of nitrogens with one attached hydrogen (secondary N) is 1. The predicted molar refractivity (Wildman–Crippen MR) is 57.9 cm³/mol. The molecule has 2 rings (SSSR count). The Bertz CT molecular complexity index is 383. The van der Waals surface area contributed by atoms with Gasteiger partial charge in [0.25, 0.3) is 5.91 Å². The maximum atomic E-state index is 11.7. The molecule has 0 heterocycles. The van der Waals surface area contributed by atoms with Gasteiger partial charge in [-0.1, -0.05) is 11.6 Å². The molecule has 15 heavy (non-hydrogen) atoms. The molecular formula is C12H15NO2. The van der Waals surface area contributed by atoms with Crippen molar-refractivity contribution in [2.24, 2.45) is 5.92 Å². The number of hydrogen-bond acceptors (Lipinski definition) is 2. The van der Waals surface area contributed by atoms with E-state index in [4.69, 9.17) is 0 Å². The summed E-state index contributed by atoms with van der Waals surface area (Å²) >= 11 is 0. The number of carbonyl (C=O) groups excluding carboxylic acids is 1. The Balaban J connectivity index is 2.05. The van der Waals surface area contributed by atoms with Crippen LogP contribution in [0.2, 0.25) is 0 Å². The van der Waals surface area contributed by atoms with Crippen molar-refractivity contribution in [1.82, 2.24) is 5.32 Å². The van der Waals surface area contributed by atoms with Crippen LogP contribution in [0.15, 0.2) is 18.2 Å². The van der Waals surface area contributed by atoms with E-state index in [1.807, 2.05) is 6.92 Å². The largest absolute Gasteiger partial charge is 0.507 e. The quantitative estimate of drug-likeness (QED) is 0.791. The van der Waals surface area contributed by atoms with Crippen LogP contribution in [0.1, 0.15) is 28.8 Å². The molecule has 2 N–H and O–H groups in total. The molecule has 0 saturated heterocycles. The average molecular weight is 205 g/mol. The number of rotatable bonds is 3. The maximum Gasteiger partial charge on any atom is 0.255 e. The zero-order valence-corrected chi connectivity index (χ0v) is 8.79. The number of aromatic hydroxyl groups is 1. The van der Waals surface area contributed by atoms with Crippen LogP contribution in [0.4, 0.5) is 0 Å². The zero-order valence-electron chi connectivity index (χ0n) is 8.79. The molecule has 0 unspecified atom stereocenters. The molecule has 1 saturated carbocycles. The molecule has 1 aromatic rings. The van der Waals surface area contributed by atoms with Crippen molar-refractivity contribution in [1.29, 1.82) is 0 Å². The van der Waals surface area contributed by atoms with Gasteiger partial charge in [-0.05, 0) is 37.8 Å². The third-order valence-corrected chi connectivity index (χ3v) is 2.64. The van der Waals surface area contributed by atoms with Gasteiger partial charge in [0.15, 0.2) is 0 Å². The van der Waals surface area contributed by atoms with E-state index >= 15 is 0 Å². The van der Waals surface area contributed by atoms with Crippen LogP contribution in [0.5, 0.6) is 5.75 Å². The molecule has 0 spiro atoms. The summed E-state index contributed by atoms with van der Waals surface area (Å²) in [5.74, 6) is 0.526. The van der Waals surface area contributed by atoms with Crippen molar-refractivity contribution in [3.05, 3.63) is 29.3 Å². The minimum atomic E-state index is -0.178. The molecule has 1 aliphatic rings. The molecule has 1 fully saturated rings. The summed E-state index contributed by atoms with van der Waals surface area (Å²) in [7, 11) is 0. The second-order valence-corrected chi connectivity index (χ2v) is 4.17. The fourth-order valence-electron chi connectivity index (χ4n) is 1.49. The van der Waals surface area contributed by atoms with Crippen LogP contribution < -0.4 is 5.32 Å². The highest BCUT2D eigenvalue weighted by molar-refractivity contribution is 5.96. The number of phenolic OH excluding ortho intramolecular Hbond substituents is 1. The molecule has 1 aliphatic carbocycles.